The van der Waals surface area contributed by atoms with Gasteiger partial charge in [0.25, 0.3) is 0 Å². The van der Waals surface area contributed by atoms with Crippen LogP contribution < -0.4 is 0 Å². The Morgan fingerprint density at radius 2 is 1.80 bits per heavy atom. The summed E-state index contributed by atoms with van der Waals surface area (Å²) in [5, 5.41) is 9.55. The van der Waals surface area contributed by atoms with Crippen LogP contribution in [0.25, 0.3) is 0 Å². The van der Waals surface area contributed by atoms with Crippen molar-refractivity contribution in [1.82, 2.24) is 0 Å². The van der Waals surface area contributed by atoms with Crippen molar-refractivity contribution < 1.29 is 13.5 Å². The van der Waals surface area contributed by atoms with E-state index in [2.05, 4.69) is 0 Å². The lowest BCUT2D eigenvalue weighted by molar-refractivity contribution is 0.343. The lowest BCUT2D eigenvalue weighted by Gasteiger charge is -1.96. The molecule has 1 aromatic carbocycles. The molecule has 1 rings (SSSR count). The predicted molar refractivity (Wildman–Crippen MR) is 59.0 cm³/mol. The van der Waals surface area contributed by atoms with Crippen LogP contribution >= 0.6 is 0 Å². The van der Waals surface area contributed by atoms with E-state index in [1.54, 1.807) is 18.2 Å². The predicted octanol–water partition coefficient (Wildman–Crippen LogP) is 1.52. The summed E-state index contributed by atoms with van der Waals surface area (Å²) in [5.74, 6) is 0. The SMILES string of the molecule is O=S(=O)(/C=C\C=C\CO)c1ccccc1. The van der Waals surface area contributed by atoms with Gasteiger partial charge in [-0.15, -0.1) is 0 Å². The molecule has 0 saturated carbocycles. The molecule has 0 unspecified atom stereocenters. The third-order valence-electron chi connectivity index (χ3n) is 1.68. The van der Waals surface area contributed by atoms with Crippen LogP contribution in [0.15, 0.2) is 58.9 Å². The number of hydrogen-bond acceptors (Lipinski definition) is 3. The molecule has 0 aliphatic carbocycles. The highest BCUT2D eigenvalue weighted by Gasteiger charge is 2.07. The standard InChI is InChI=1S/C11H12O3S/c12-9-5-2-6-10-15(13,14)11-7-3-1-4-8-11/h1-8,10,12H,9H2/b5-2+,10-6-. The van der Waals surface area contributed by atoms with Gasteiger partial charge in [0, 0.05) is 5.41 Å². The zero-order valence-corrected chi connectivity index (χ0v) is 8.89. The number of sulfone groups is 1. The van der Waals surface area contributed by atoms with E-state index in [1.165, 1.54) is 30.4 Å². The maximum Gasteiger partial charge on any atom is 0.199 e. The van der Waals surface area contributed by atoms with Crippen molar-refractivity contribution in [2.24, 2.45) is 0 Å². The minimum absolute atomic E-state index is 0.101. The molecule has 0 amide bonds. The van der Waals surface area contributed by atoms with Crippen LogP contribution in [-0.2, 0) is 9.84 Å². The van der Waals surface area contributed by atoms with Gasteiger partial charge in [-0.1, -0.05) is 36.4 Å². The van der Waals surface area contributed by atoms with Gasteiger partial charge < -0.3 is 5.11 Å². The zero-order valence-electron chi connectivity index (χ0n) is 8.08. The minimum atomic E-state index is -3.35. The van der Waals surface area contributed by atoms with Gasteiger partial charge in [0.1, 0.15) is 0 Å². The highest BCUT2D eigenvalue weighted by molar-refractivity contribution is 7.94. The van der Waals surface area contributed by atoms with Crippen molar-refractivity contribution in [3.63, 3.8) is 0 Å². The molecule has 0 saturated heterocycles. The Balaban J connectivity index is 2.86. The molecule has 1 N–H and O–H groups in total. The van der Waals surface area contributed by atoms with Gasteiger partial charge in [-0.2, -0.15) is 0 Å². The minimum Gasteiger partial charge on any atom is -0.392 e. The Bertz CT molecular complexity index is 444. The average Bonchev–Trinajstić information content (AvgIpc) is 2.26. The molecular formula is C11H12O3S. The molecule has 0 fully saturated rings. The normalized spacial score (nSPS) is 12.6. The molecule has 0 aliphatic heterocycles. The zero-order chi connectivity index (χ0) is 11.1. The van der Waals surface area contributed by atoms with Crippen molar-refractivity contribution in [1.29, 1.82) is 0 Å². The largest absolute Gasteiger partial charge is 0.392 e. The van der Waals surface area contributed by atoms with E-state index >= 15 is 0 Å². The van der Waals surface area contributed by atoms with Gasteiger partial charge in [-0.05, 0) is 12.1 Å². The van der Waals surface area contributed by atoms with Crippen LogP contribution in [0.5, 0.6) is 0 Å². The number of benzene rings is 1. The Morgan fingerprint density at radius 1 is 1.13 bits per heavy atom. The first kappa shape index (κ1) is 11.7. The summed E-state index contributed by atoms with van der Waals surface area (Å²) in [7, 11) is -3.35. The first-order chi connectivity index (χ1) is 7.17. The molecule has 0 radical (unpaired) electrons. The van der Waals surface area contributed by atoms with Crippen LogP contribution in [0, 0.1) is 0 Å². The fraction of sp³-hybridized carbons (Fsp3) is 0.0909. The number of aliphatic hydroxyl groups is 1. The second kappa shape index (κ2) is 5.48. The third kappa shape index (κ3) is 3.69. The second-order valence-electron chi connectivity index (χ2n) is 2.80. The van der Waals surface area contributed by atoms with E-state index in [9.17, 15) is 8.42 Å². The van der Waals surface area contributed by atoms with E-state index in [-0.39, 0.29) is 11.5 Å². The van der Waals surface area contributed by atoms with Crippen molar-refractivity contribution in [3.8, 4) is 0 Å². The van der Waals surface area contributed by atoms with Gasteiger partial charge in [0.2, 0.25) is 0 Å². The third-order valence-corrected chi connectivity index (χ3v) is 3.13. The van der Waals surface area contributed by atoms with Crippen LogP contribution in [-0.4, -0.2) is 20.1 Å². The number of hydrogen-bond donors (Lipinski definition) is 1. The molecule has 0 aliphatic rings. The summed E-state index contributed by atoms with van der Waals surface area (Å²) in [6.45, 7) is -0.101. The summed E-state index contributed by atoms with van der Waals surface area (Å²) >= 11 is 0. The molecule has 4 heteroatoms. The Kier molecular flexibility index (Phi) is 4.27. The fourth-order valence-electron chi connectivity index (χ4n) is 0.977. The molecule has 15 heavy (non-hydrogen) atoms. The van der Waals surface area contributed by atoms with Crippen LogP contribution in [0.1, 0.15) is 0 Å². The van der Waals surface area contributed by atoms with E-state index in [0.717, 1.165) is 5.41 Å². The lowest BCUT2D eigenvalue weighted by atomic mass is 10.4. The van der Waals surface area contributed by atoms with Gasteiger partial charge in [-0.25, -0.2) is 8.42 Å². The second-order valence-corrected chi connectivity index (χ2v) is 4.63. The smallest absolute Gasteiger partial charge is 0.199 e. The summed E-state index contributed by atoms with van der Waals surface area (Å²) in [5.41, 5.74) is 0. The van der Waals surface area contributed by atoms with Gasteiger partial charge >= 0.3 is 0 Å². The summed E-state index contributed by atoms with van der Waals surface area (Å²) < 4.78 is 23.2. The molecule has 1 aromatic rings. The van der Waals surface area contributed by atoms with E-state index in [4.69, 9.17) is 5.11 Å². The molecule has 3 nitrogen and oxygen atoms in total. The molecule has 0 spiro atoms. The average molecular weight is 224 g/mol. The summed E-state index contributed by atoms with van der Waals surface area (Å²) in [6.07, 6.45) is 4.33. The Morgan fingerprint density at radius 3 is 2.40 bits per heavy atom. The van der Waals surface area contributed by atoms with Gasteiger partial charge in [0.15, 0.2) is 9.84 Å². The van der Waals surface area contributed by atoms with Crippen molar-refractivity contribution in [2.45, 2.75) is 4.90 Å². The molecule has 0 atom stereocenters. The molecular weight excluding hydrogens is 212 g/mol. The van der Waals surface area contributed by atoms with Crippen molar-refractivity contribution in [2.75, 3.05) is 6.61 Å². The first-order valence-corrected chi connectivity index (χ1v) is 5.95. The van der Waals surface area contributed by atoms with E-state index in [1.807, 2.05) is 0 Å². The monoisotopic (exact) mass is 224 g/mol. The molecule has 0 heterocycles. The summed E-state index contributed by atoms with van der Waals surface area (Å²) in [4.78, 5) is 0.263. The number of allylic oxidation sites excluding steroid dienone is 2. The van der Waals surface area contributed by atoms with E-state index in [0.29, 0.717) is 0 Å². The van der Waals surface area contributed by atoms with Crippen LogP contribution in [0.2, 0.25) is 0 Å². The van der Waals surface area contributed by atoms with Gasteiger partial charge in [0.05, 0.1) is 11.5 Å². The van der Waals surface area contributed by atoms with E-state index < -0.39 is 9.84 Å². The molecule has 80 valence electrons. The molecule has 0 bridgehead atoms. The topological polar surface area (TPSA) is 54.4 Å². The van der Waals surface area contributed by atoms with Crippen LogP contribution in [0.4, 0.5) is 0 Å². The van der Waals surface area contributed by atoms with Crippen molar-refractivity contribution in [3.05, 3.63) is 54.0 Å². The summed E-state index contributed by atoms with van der Waals surface area (Å²) in [6, 6.07) is 8.17. The lowest BCUT2D eigenvalue weighted by Crippen LogP contribution is -1.94. The number of aliphatic hydroxyl groups excluding tert-OH is 1. The quantitative estimate of drug-likeness (QED) is 0.789. The van der Waals surface area contributed by atoms with Crippen molar-refractivity contribution >= 4 is 9.84 Å². The van der Waals surface area contributed by atoms with Gasteiger partial charge in [-0.3, -0.25) is 0 Å². The highest BCUT2D eigenvalue weighted by atomic mass is 32.2. The Labute approximate surface area is 89.3 Å². The first-order valence-electron chi connectivity index (χ1n) is 4.41. The maximum atomic E-state index is 11.6. The highest BCUT2D eigenvalue weighted by Crippen LogP contribution is 2.10. The molecule has 0 aromatic heterocycles. The van der Waals surface area contributed by atoms with Crippen LogP contribution in [0.3, 0.4) is 0 Å². The Hall–Kier alpha value is -1.39. The maximum absolute atomic E-state index is 11.6. The fourth-order valence-corrected chi connectivity index (χ4v) is 1.97. The number of rotatable bonds is 4.